The van der Waals surface area contributed by atoms with Crippen LogP contribution in [-0.4, -0.2) is 20.3 Å². The molecular formula is C11H12N4O. The van der Waals surface area contributed by atoms with E-state index >= 15 is 0 Å². The van der Waals surface area contributed by atoms with Crippen LogP contribution in [0.15, 0.2) is 30.7 Å². The van der Waals surface area contributed by atoms with Crippen molar-refractivity contribution in [3.63, 3.8) is 0 Å². The third-order valence-corrected chi connectivity index (χ3v) is 2.31. The number of aromatic nitrogens is 3. The molecule has 2 aromatic heterocycles. The van der Waals surface area contributed by atoms with Crippen molar-refractivity contribution >= 4 is 11.5 Å². The Labute approximate surface area is 92.9 Å². The van der Waals surface area contributed by atoms with Crippen LogP contribution in [0, 0.1) is 0 Å². The van der Waals surface area contributed by atoms with E-state index in [1.807, 2.05) is 11.6 Å². The van der Waals surface area contributed by atoms with Gasteiger partial charge in [-0.25, -0.2) is 4.98 Å². The SMILES string of the molecule is Cn1ccnc1CC(=O)c1ccc(N)cn1. The molecule has 0 atom stereocenters. The molecule has 2 rings (SSSR count). The average Bonchev–Trinajstić information content (AvgIpc) is 2.65. The molecular weight excluding hydrogens is 204 g/mol. The minimum atomic E-state index is -0.0608. The van der Waals surface area contributed by atoms with E-state index < -0.39 is 0 Å². The van der Waals surface area contributed by atoms with Gasteiger partial charge in [-0.2, -0.15) is 0 Å². The van der Waals surface area contributed by atoms with Crippen LogP contribution < -0.4 is 5.73 Å². The molecule has 0 bridgehead atoms. The van der Waals surface area contributed by atoms with E-state index in [-0.39, 0.29) is 12.2 Å². The van der Waals surface area contributed by atoms with Crippen LogP contribution in [-0.2, 0) is 13.5 Å². The predicted octanol–water partition coefficient (Wildman–Crippen LogP) is 0.823. The van der Waals surface area contributed by atoms with Crippen LogP contribution in [0.3, 0.4) is 0 Å². The second-order valence-corrected chi connectivity index (χ2v) is 3.53. The molecule has 82 valence electrons. The Hall–Kier alpha value is -2.17. The topological polar surface area (TPSA) is 73.8 Å². The summed E-state index contributed by atoms with van der Waals surface area (Å²) in [6.07, 6.45) is 5.20. The van der Waals surface area contributed by atoms with E-state index in [4.69, 9.17) is 5.73 Å². The number of nitrogens with two attached hydrogens (primary N) is 1. The van der Waals surface area contributed by atoms with Gasteiger partial charge in [-0.1, -0.05) is 0 Å². The standard InChI is InChI=1S/C11H12N4O/c1-15-5-4-13-11(15)6-10(16)9-3-2-8(12)7-14-9/h2-5,7H,6,12H2,1H3. The molecule has 2 N–H and O–H groups in total. The molecule has 0 radical (unpaired) electrons. The van der Waals surface area contributed by atoms with E-state index in [1.54, 1.807) is 24.5 Å². The number of carbonyl (C=O) groups is 1. The molecule has 5 nitrogen and oxygen atoms in total. The van der Waals surface area contributed by atoms with Crippen LogP contribution in [0.2, 0.25) is 0 Å². The lowest BCUT2D eigenvalue weighted by Gasteiger charge is -2.01. The van der Waals surface area contributed by atoms with E-state index in [1.165, 1.54) is 6.20 Å². The number of anilines is 1. The number of pyridine rings is 1. The van der Waals surface area contributed by atoms with Crippen LogP contribution >= 0.6 is 0 Å². The maximum absolute atomic E-state index is 11.8. The molecule has 0 amide bonds. The summed E-state index contributed by atoms with van der Waals surface area (Å²) >= 11 is 0. The van der Waals surface area contributed by atoms with Gasteiger partial charge in [0.25, 0.3) is 0 Å². The lowest BCUT2D eigenvalue weighted by Crippen LogP contribution is -2.09. The molecule has 2 heterocycles. The Bertz CT molecular complexity index is 501. The minimum absolute atomic E-state index is 0.0608. The maximum atomic E-state index is 11.8. The Morgan fingerprint density at radius 2 is 2.25 bits per heavy atom. The van der Waals surface area contributed by atoms with E-state index in [0.717, 1.165) is 5.82 Å². The fraction of sp³-hybridized carbons (Fsp3) is 0.182. The number of aryl methyl sites for hydroxylation is 1. The van der Waals surface area contributed by atoms with Crippen molar-refractivity contribution < 1.29 is 4.79 Å². The van der Waals surface area contributed by atoms with Gasteiger partial charge in [0.2, 0.25) is 0 Å². The summed E-state index contributed by atoms with van der Waals surface area (Å²) < 4.78 is 1.81. The molecule has 0 aliphatic carbocycles. The van der Waals surface area contributed by atoms with Gasteiger partial charge in [-0.05, 0) is 12.1 Å². The zero-order valence-corrected chi connectivity index (χ0v) is 8.92. The van der Waals surface area contributed by atoms with Crippen LogP contribution in [0.5, 0.6) is 0 Å². The Balaban J connectivity index is 2.15. The molecule has 0 saturated carbocycles. The Morgan fingerprint density at radius 1 is 1.44 bits per heavy atom. The van der Waals surface area contributed by atoms with Crippen molar-refractivity contribution in [2.45, 2.75) is 6.42 Å². The summed E-state index contributed by atoms with van der Waals surface area (Å²) in [5.74, 6) is 0.665. The Morgan fingerprint density at radius 3 is 2.81 bits per heavy atom. The zero-order chi connectivity index (χ0) is 11.5. The highest BCUT2D eigenvalue weighted by atomic mass is 16.1. The van der Waals surface area contributed by atoms with Gasteiger partial charge >= 0.3 is 0 Å². The fourth-order valence-corrected chi connectivity index (χ4v) is 1.37. The molecule has 16 heavy (non-hydrogen) atoms. The van der Waals surface area contributed by atoms with E-state index in [9.17, 15) is 4.79 Å². The number of imidazole rings is 1. The number of rotatable bonds is 3. The van der Waals surface area contributed by atoms with Gasteiger partial charge in [0.1, 0.15) is 11.5 Å². The molecule has 0 saturated heterocycles. The summed E-state index contributed by atoms with van der Waals surface area (Å²) in [5.41, 5.74) is 6.46. The second kappa shape index (κ2) is 4.14. The average molecular weight is 216 g/mol. The largest absolute Gasteiger partial charge is 0.397 e. The fourth-order valence-electron chi connectivity index (χ4n) is 1.37. The number of hydrogen-bond acceptors (Lipinski definition) is 4. The van der Waals surface area contributed by atoms with Crippen molar-refractivity contribution in [3.8, 4) is 0 Å². The number of carbonyl (C=O) groups excluding carboxylic acids is 1. The van der Waals surface area contributed by atoms with E-state index in [0.29, 0.717) is 11.4 Å². The number of nitrogens with zero attached hydrogens (tertiary/aromatic N) is 3. The van der Waals surface area contributed by atoms with Crippen molar-refractivity contribution in [1.29, 1.82) is 0 Å². The normalized spacial score (nSPS) is 10.3. The molecule has 5 heteroatoms. The minimum Gasteiger partial charge on any atom is -0.397 e. The smallest absolute Gasteiger partial charge is 0.188 e. The lowest BCUT2D eigenvalue weighted by molar-refractivity contribution is 0.0985. The first-order chi connectivity index (χ1) is 7.66. The monoisotopic (exact) mass is 216 g/mol. The number of ketones is 1. The summed E-state index contributed by atoms with van der Waals surface area (Å²) in [7, 11) is 1.85. The van der Waals surface area contributed by atoms with Crippen molar-refractivity contribution in [3.05, 3.63) is 42.2 Å². The van der Waals surface area contributed by atoms with Gasteiger partial charge in [-0.15, -0.1) is 0 Å². The highest BCUT2D eigenvalue weighted by Gasteiger charge is 2.10. The van der Waals surface area contributed by atoms with Gasteiger partial charge in [0, 0.05) is 19.4 Å². The Kier molecular flexibility index (Phi) is 2.68. The summed E-state index contributed by atoms with van der Waals surface area (Å²) in [5, 5.41) is 0. The maximum Gasteiger partial charge on any atom is 0.188 e. The van der Waals surface area contributed by atoms with Crippen molar-refractivity contribution in [1.82, 2.24) is 14.5 Å². The van der Waals surface area contributed by atoms with Crippen molar-refractivity contribution in [2.24, 2.45) is 7.05 Å². The first-order valence-electron chi connectivity index (χ1n) is 4.88. The molecule has 0 fully saturated rings. The molecule has 0 aliphatic rings. The van der Waals surface area contributed by atoms with Gasteiger partial charge in [0.15, 0.2) is 5.78 Å². The third kappa shape index (κ3) is 2.08. The first kappa shape index (κ1) is 10.4. The number of Topliss-reactive ketones (excluding diaryl/α,β-unsaturated/α-hetero) is 1. The molecule has 0 spiro atoms. The highest BCUT2D eigenvalue weighted by molar-refractivity contribution is 5.95. The third-order valence-electron chi connectivity index (χ3n) is 2.31. The van der Waals surface area contributed by atoms with Crippen LogP contribution in [0.4, 0.5) is 5.69 Å². The summed E-state index contributed by atoms with van der Waals surface area (Å²) in [6, 6.07) is 3.29. The molecule has 0 aliphatic heterocycles. The molecule has 0 aromatic carbocycles. The predicted molar refractivity (Wildman–Crippen MR) is 59.9 cm³/mol. The highest BCUT2D eigenvalue weighted by Crippen LogP contribution is 2.05. The van der Waals surface area contributed by atoms with Crippen LogP contribution in [0.25, 0.3) is 0 Å². The van der Waals surface area contributed by atoms with Gasteiger partial charge in [0.05, 0.1) is 18.3 Å². The van der Waals surface area contributed by atoms with Gasteiger partial charge < -0.3 is 10.3 Å². The second-order valence-electron chi connectivity index (χ2n) is 3.53. The summed E-state index contributed by atoms with van der Waals surface area (Å²) in [4.78, 5) is 19.9. The van der Waals surface area contributed by atoms with Gasteiger partial charge in [-0.3, -0.25) is 9.78 Å². The summed E-state index contributed by atoms with van der Waals surface area (Å²) in [6.45, 7) is 0. The van der Waals surface area contributed by atoms with Crippen LogP contribution in [0.1, 0.15) is 16.3 Å². The molecule has 0 unspecified atom stereocenters. The number of hydrogen-bond donors (Lipinski definition) is 1. The van der Waals surface area contributed by atoms with Crippen molar-refractivity contribution in [2.75, 3.05) is 5.73 Å². The number of nitrogen functional groups attached to an aromatic ring is 1. The van der Waals surface area contributed by atoms with E-state index in [2.05, 4.69) is 9.97 Å². The first-order valence-corrected chi connectivity index (χ1v) is 4.88. The lowest BCUT2D eigenvalue weighted by atomic mass is 10.2. The molecule has 2 aromatic rings. The zero-order valence-electron chi connectivity index (χ0n) is 8.92. The quantitative estimate of drug-likeness (QED) is 0.771.